The van der Waals surface area contributed by atoms with Gasteiger partial charge in [0.25, 0.3) is 0 Å². The molecule has 0 saturated heterocycles. The van der Waals surface area contributed by atoms with Gasteiger partial charge in [0.05, 0.1) is 5.02 Å². The Morgan fingerprint density at radius 2 is 2.00 bits per heavy atom. The normalized spacial score (nSPS) is 11.1. The molecule has 3 aromatic rings. The predicted octanol–water partition coefficient (Wildman–Crippen LogP) is 2.80. The molecule has 0 aliphatic heterocycles. The lowest BCUT2D eigenvalue weighted by atomic mass is 10.3. The van der Waals surface area contributed by atoms with E-state index in [9.17, 15) is 0 Å². The number of fused-ring (bicyclic) bond motifs is 1. The van der Waals surface area contributed by atoms with Crippen LogP contribution in [0.4, 0.5) is 0 Å². The molecule has 5 nitrogen and oxygen atoms in total. The Morgan fingerprint density at radius 1 is 1.17 bits per heavy atom. The van der Waals surface area contributed by atoms with Gasteiger partial charge in [-0.1, -0.05) is 23.2 Å². The largest absolute Gasteiger partial charge is 0.261 e. The van der Waals surface area contributed by atoms with Gasteiger partial charge in [-0.15, -0.1) is 10.2 Å². The molecule has 0 fully saturated rings. The van der Waals surface area contributed by atoms with Crippen LogP contribution in [0.15, 0.2) is 24.4 Å². The molecule has 0 radical (unpaired) electrons. The van der Waals surface area contributed by atoms with Gasteiger partial charge in [0.1, 0.15) is 16.7 Å². The van der Waals surface area contributed by atoms with Gasteiger partial charge in [-0.25, -0.2) is 4.98 Å². The van der Waals surface area contributed by atoms with Gasteiger partial charge in [0, 0.05) is 12.3 Å². The molecule has 0 N–H and O–H groups in total. The van der Waals surface area contributed by atoms with Crippen molar-refractivity contribution < 1.29 is 0 Å². The highest BCUT2D eigenvalue weighted by Gasteiger charge is 2.12. The number of hydrogen-bond acceptors (Lipinski definition) is 4. The summed E-state index contributed by atoms with van der Waals surface area (Å²) in [5, 5.41) is 9.13. The van der Waals surface area contributed by atoms with Crippen molar-refractivity contribution in [3.05, 3.63) is 40.4 Å². The molecule has 0 spiro atoms. The quantitative estimate of drug-likeness (QED) is 0.643. The van der Waals surface area contributed by atoms with E-state index in [2.05, 4.69) is 20.2 Å². The second kappa shape index (κ2) is 4.19. The molecule has 3 aromatic heterocycles. The van der Waals surface area contributed by atoms with E-state index in [0.717, 1.165) is 0 Å². The van der Waals surface area contributed by atoms with E-state index in [0.29, 0.717) is 33.2 Å². The summed E-state index contributed by atoms with van der Waals surface area (Å²) in [5.41, 5.74) is 1.32. The van der Waals surface area contributed by atoms with E-state index < -0.39 is 0 Å². The maximum absolute atomic E-state index is 5.87. The van der Waals surface area contributed by atoms with Crippen LogP contribution >= 0.6 is 23.2 Å². The topological polar surface area (TPSA) is 56.0 Å². The summed E-state index contributed by atoms with van der Waals surface area (Å²) < 4.78 is 1.79. The van der Waals surface area contributed by atoms with E-state index in [1.165, 1.54) is 0 Å². The molecule has 3 heterocycles. The van der Waals surface area contributed by atoms with Crippen LogP contribution in [0.25, 0.3) is 17.2 Å². The van der Waals surface area contributed by atoms with Crippen LogP contribution in [0.5, 0.6) is 0 Å². The zero-order chi connectivity index (χ0) is 12.7. The minimum atomic E-state index is 0.392. The zero-order valence-corrected chi connectivity index (χ0v) is 10.8. The molecular formula is C11H7Cl2N5. The van der Waals surface area contributed by atoms with Crippen LogP contribution in [0.3, 0.4) is 0 Å². The zero-order valence-electron chi connectivity index (χ0n) is 9.30. The fourth-order valence-electron chi connectivity index (χ4n) is 1.73. The third kappa shape index (κ3) is 1.81. The Hall–Kier alpha value is -1.72. The van der Waals surface area contributed by atoms with Crippen molar-refractivity contribution in [3.63, 3.8) is 0 Å². The molecule has 7 heteroatoms. The van der Waals surface area contributed by atoms with Gasteiger partial charge < -0.3 is 0 Å². The first-order chi connectivity index (χ1) is 8.65. The molecule has 0 bridgehead atoms. The third-order valence-corrected chi connectivity index (χ3v) is 2.90. The number of aryl methyl sites for hydroxylation is 1. The smallest absolute Gasteiger partial charge is 0.188 e. The van der Waals surface area contributed by atoms with E-state index in [1.807, 2.05) is 6.92 Å². The highest BCUT2D eigenvalue weighted by atomic mass is 35.5. The molecule has 18 heavy (non-hydrogen) atoms. The van der Waals surface area contributed by atoms with Crippen molar-refractivity contribution in [1.82, 2.24) is 24.6 Å². The van der Waals surface area contributed by atoms with Gasteiger partial charge in [-0.3, -0.25) is 9.38 Å². The average molecular weight is 280 g/mol. The number of hydrogen-bond donors (Lipinski definition) is 0. The van der Waals surface area contributed by atoms with Crippen LogP contribution in [-0.4, -0.2) is 24.6 Å². The van der Waals surface area contributed by atoms with Crippen LogP contribution in [-0.2, 0) is 0 Å². The molecule has 0 aliphatic rings. The first-order valence-electron chi connectivity index (χ1n) is 5.15. The lowest BCUT2D eigenvalue weighted by molar-refractivity contribution is 0.981. The maximum Gasteiger partial charge on any atom is 0.188 e. The fraction of sp³-hybridized carbons (Fsp3) is 0.0909. The second-order valence-electron chi connectivity index (χ2n) is 3.70. The van der Waals surface area contributed by atoms with Crippen molar-refractivity contribution in [2.45, 2.75) is 6.92 Å². The van der Waals surface area contributed by atoms with Gasteiger partial charge >= 0.3 is 0 Å². The summed E-state index contributed by atoms with van der Waals surface area (Å²) in [7, 11) is 0. The van der Waals surface area contributed by atoms with Gasteiger partial charge in [-0.05, 0) is 19.1 Å². The lowest BCUT2D eigenvalue weighted by Gasteiger charge is -2.02. The summed E-state index contributed by atoms with van der Waals surface area (Å²) in [5.74, 6) is 1.32. The van der Waals surface area contributed by atoms with Crippen molar-refractivity contribution >= 4 is 28.8 Å². The summed E-state index contributed by atoms with van der Waals surface area (Å²) in [4.78, 5) is 8.39. The SMILES string of the molecule is Cc1nc(Cl)cc2nnc(-c3ccc(Cl)cn3)n12. The Kier molecular flexibility index (Phi) is 2.65. The number of aromatic nitrogens is 5. The highest BCUT2D eigenvalue weighted by Crippen LogP contribution is 2.20. The van der Waals surface area contributed by atoms with Crippen LogP contribution < -0.4 is 0 Å². The summed E-state index contributed by atoms with van der Waals surface area (Å²) >= 11 is 11.7. The monoisotopic (exact) mass is 279 g/mol. The van der Waals surface area contributed by atoms with E-state index in [4.69, 9.17) is 23.2 Å². The summed E-state index contributed by atoms with van der Waals surface area (Å²) in [6.07, 6.45) is 1.57. The molecule has 0 saturated carbocycles. The molecule has 0 aliphatic carbocycles. The minimum Gasteiger partial charge on any atom is -0.261 e. The first-order valence-corrected chi connectivity index (χ1v) is 5.91. The Balaban J connectivity index is 2.27. The standard InChI is InChI=1S/C11H7Cl2N5/c1-6-15-9(13)4-10-16-17-11(18(6)10)8-3-2-7(12)5-14-8/h2-5H,1H3. The molecule has 0 aromatic carbocycles. The third-order valence-electron chi connectivity index (χ3n) is 2.48. The molecular weight excluding hydrogens is 273 g/mol. The van der Waals surface area contributed by atoms with Crippen molar-refractivity contribution in [2.75, 3.05) is 0 Å². The Bertz CT molecular complexity index is 720. The van der Waals surface area contributed by atoms with Crippen molar-refractivity contribution in [3.8, 4) is 11.5 Å². The number of pyridine rings is 1. The van der Waals surface area contributed by atoms with E-state index >= 15 is 0 Å². The van der Waals surface area contributed by atoms with E-state index in [-0.39, 0.29) is 0 Å². The maximum atomic E-state index is 5.87. The fourth-order valence-corrected chi connectivity index (χ4v) is 2.06. The summed E-state index contributed by atoms with van der Waals surface area (Å²) in [6.45, 7) is 1.83. The van der Waals surface area contributed by atoms with E-state index in [1.54, 1.807) is 28.8 Å². The van der Waals surface area contributed by atoms with Crippen molar-refractivity contribution in [1.29, 1.82) is 0 Å². The van der Waals surface area contributed by atoms with Crippen LogP contribution in [0.2, 0.25) is 10.2 Å². The summed E-state index contributed by atoms with van der Waals surface area (Å²) in [6, 6.07) is 5.19. The number of nitrogens with zero attached hydrogens (tertiary/aromatic N) is 5. The van der Waals surface area contributed by atoms with Gasteiger partial charge in [0.15, 0.2) is 11.5 Å². The molecule has 0 atom stereocenters. The second-order valence-corrected chi connectivity index (χ2v) is 4.53. The van der Waals surface area contributed by atoms with Crippen LogP contribution in [0.1, 0.15) is 5.82 Å². The van der Waals surface area contributed by atoms with Crippen LogP contribution in [0, 0.1) is 6.92 Å². The number of halogens is 2. The molecule has 0 amide bonds. The van der Waals surface area contributed by atoms with Crippen molar-refractivity contribution in [2.24, 2.45) is 0 Å². The Morgan fingerprint density at radius 3 is 2.72 bits per heavy atom. The molecule has 0 unspecified atom stereocenters. The Labute approximate surface area is 112 Å². The highest BCUT2D eigenvalue weighted by molar-refractivity contribution is 6.30. The average Bonchev–Trinajstić information content (AvgIpc) is 2.74. The first kappa shape index (κ1) is 11.4. The molecule has 3 rings (SSSR count). The molecule has 90 valence electrons. The predicted molar refractivity (Wildman–Crippen MR) is 68.8 cm³/mol. The van der Waals surface area contributed by atoms with Gasteiger partial charge in [0.2, 0.25) is 0 Å². The minimum absolute atomic E-state index is 0.392. The van der Waals surface area contributed by atoms with Gasteiger partial charge in [-0.2, -0.15) is 0 Å². The number of rotatable bonds is 1. The lowest BCUT2D eigenvalue weighted by Crippen LogP contribution is -1.98.